The van der Waals surface area contributed by atoms with Gasteiger partial charge in [0.2, 0.25) is 0 Å². The lowest BCUT2D eigenvalue weighted by Crippen LogP contribution is -2.12. The minimum atomic E-state index is -0.260. The summed E-state index contributed by atoms with van der Waals surface area (Å²) in [7, 11) is 0. The molecule has 0 saturated carbocycles. The van der Waals surface area contributed by atoms with Crippen LogP contribution in [0.1, 0.15) is 15.9 Å². The Labute approximate surface area is 159 Å². The molecule has 0 bridgehead atoms. The number of hydrogen-bond acceptors (Lipinski definition) is 2. The summed E-state index contributed by atoms with van der Waals surface area (Å²) in [5.41, 5.74) is 2.19. The minimum absolute atomic E-state index is 0.260. The van der Waals surface area contributed by atoms with Crippen molar-refractivity contribution in [1.29, 1.82) is 0 Å². The summed E-state index contributed by atoms with van der Waals surface area (Å²) in [5, 5.41) is 3.23. The third-order valence-electron chi connectivity index (χ3n) is 3.53. The van der Waals surface area contributed by atoms with Crippen molar-refractivity contribution in [1.82, 2.24) is 0 Å². The Hall–Kier alpha value is -2.30. The molecule has 5 heteroatoms. The number of rotatable bonds is 5. The predicted molar refractivity (Wildman–Crippen MR) is 104 cm³/mol. The van der Waals surface area contributed by atoms with Crippen LogP contribution in [0.2, 0.25) is 5.02 Å². The summed E-state index contributed by atoms with van der Waals surface area (Å²) in [5.74, 6) is 0.478. The van der Waals surface area contributed by atoms with Gasteiger partial charge in [-0.1, -0.05) is 57.9 Å². The lowest BCUT2D eigenvalue weighted by atomic mass is 10.2. The SMILES string of the molecule is O=C(Nc1ccc(OCc2ccccc2)cc1)c1cc(Br)ccc1Cl. The molecule has 0 aliphatic carbocycles. The predicted octanol–water partition coefficient (Wildman–Crippen LogP) is 5.93. The van der Waals surface area contributed by atoms with Gasteiger partial charge >= 0.3 is 0 Å². The maximum atomic E-state index is 12.3. The van der Waals surface area contributed by atoms with Crippen LogP contribution in [0.25, 0.3) is 0 Å². The Balaban J connectivity index is 1.62. The zero-order valence-corrected chi connectivity index (χ0v) is 15.5. The number of benzene rings is 3. The summed E-state index contributed by atoms with van der Waals surface area (Å²) in [6.45, 7) is 0.500. The van der Waals surface area contributed by atoms with E-state index in [0.29, 0.717) is 22.9 Å². The number of anilines is 1. The van der Waals surface area contributed by atoms with Crippen molar-refractivity contribution < 1.29 is 9.53 Å². The number of ether oxygens (including phenoxy) is 1. The largest absolute Gasteiger partial charge is 0.489 e. The zero-order valence-electron chi connectivity index (χ0n) is 13.2. The van der Waals surface area contributed by atoms with Crippen LogP contribution in [0.3, 0.4) is 0 Å². The van der Waals surface area contributed by atoms with Gasteiger partial charge in [0, 0.05) is 10.2 Å². The van der Waals surface area contributed by atoms with E-state index in [-0.39, 0.29) is 5.91 Å². The smallest absolute Gasteiger partial charge is 0.257 e. The van der Waals surface area contributed by atoms with Gasteiger partial charge in [-0.15, -0.1) is 0 Å². The molecular formula is C20H15BrClNO2. The van der Waals surface area contributed by atoms with E-state index in [1.807, 2.05) is 42.5 Å². The molecule has 3 rings (SSSR count). The summed E-state index contributed by atoms with van der Waals surface area (Å²) < 4.78 is 6.53. The highest BCUT2D eigenvalue weighted by Gasteiger charge is 2.11. The third kappa shape index (κ3) is 4.84. The number of carbonyl (C=O) groups is 1. The molecule has 0 atom stereocenters. The fraction of sp³-hybridized carbons (Fsp3) is 0.0500. The van der Waals surface area contributed by atoms with E-state index in [2.05, 4.69) is 21.2 Å². The van der Waals surface area contributed by atoms with Crippen LogP contribution in [0.4, 0.5) is 5.69 Å². The van der Waals surface area contributed by atoms with Crippen molar-refractivity contribution in [3.63, 3.8) is 0 Å². The highest BCUT2D eigenvalue weighted by atomic mass is 79.9. The second kappa shape index (κ2) is 8.19. The molecule has 0 spiro atoms. The summed E-state index contributed by atoms with van der Waals surface area (Å²) in [4.78, 5) is 12.3. The van der Waals surface area contributed by atoms with Gasteiger partial charge in [0.05, 0.1) is 10.6 Å². The number of hydrogen-bond donors (Lipinski definition) is 1. The molecule has 1 N–H and O–H groups in total. The Morgan fingerprint density at radius 2 is 1.72 bits per heavy atom. The quantitative estimate of drug-likeness (QED) is 0.559. The average Bonchev–Trinajstić information content (AvgIpc) is 2.64. The van der Waals surface area contributed by atoms with Crippen LogP contribution in [0, 0.1) is 0 Å². The Morgan fingerprint density at radius 1 is 1.00 bits per heavy atom. The molecule has 0 fully saturated rings. The molecule has 3 aromatic carbocycles. The van der Waals surface area contributed by atoms with E-state index in [4.69, 9.17) is 16.3 Å². The van der Waals surface area contributed by atoms with Crippen LogP contribution in [-0.2, 0) is 6.61 Å². The number of nitrogens with one attached hydrogen (secondary N) is 1. The Kier molecular flexibility index (Phi) is 5.74. The van der Waals surface area contributed by atoms with Crippen LogP contribution < -0.4 is 10.1 Å². The van der Waals surface area contributed by atoms with Crippen molar-refractivity contribution in [3.8, 4) is 5.75 Å². The van der Waals surface area contributed by atoms with E-state index in [1.54, 1.807) is 30.3 Å². The first kappa shape index (κ1) is 17.5. The minimum Gasteiger partial charge on any atom is -0.489 e. The molecule has 0 saturated heterocycles. The molecule has 0 aliphatic rings. The number of amides is 1. The van der Waals surface area contributed by atoms with Gasteiger partial charge in [0.15, 0.2) is 0 Å². The molecule has 1 amide bonds. The highest BCUT2D eigenvalue weighted by Crippen LogP contribution is 2.23. The maximum absolute atomic E-state index is 12.3. The van der Waals surface area contributed by atoms with Crippen molar-refractivity contribution in [2.24, 2.45) is 0 Å². The van der Waals surface area contributed by atoms with Crippen molar-refractivity contribution >= 4 is 39.1 Å². The normalized spacial score (nSPS) is 10.3. The van der Waals surface area contributed by atoms with Gasteiger partial charge < -0.3 is 10.1 Å². The van der Waals surface area contributed by atoms with Crippen molar-refractivity contribution in [3.05, 3.63) is 93.4 Å². The fourth-order valence-corrected chi connectivity index (χ4v) is 2.81. The topological polar surface area (TPSA) is 38.3 Å². The van der Waals surface area contributed by atoms with E-state index in [1.165, 1.54) is 0 Å². The maximum Gasteiger partial charge on any atom is 0.257 e. The molecule has 0 aromatic heterocycles. The monoisotopic (exact) mass is 415 g/mol. The highest BCUT2D eigenvalue weighted by molar-refractivity contribution is 9.10. The number of carbonyl (C=O) groups excluding carboxylic acids is 1. The molecule has 0 unspecified atom stereocenters. The molecule has 3 aromatic rings. The molecular weight excluding hydrogens is 402 g/mol. The van der Waals surface area contributed by atoms with Crippen molar-refractivity contribution in [2.75, 3.05) is 5.32 Å². The summed E-state index contributed by atoms with van der Waals surface area (Å²) in [6.07, 6.45) is 0. The second-order valence-corrected chi connectivity index (χ2v) is 6.70. The van der Waals surface area contributed by atoms with Gasteiger partial charge in [-0.05, 0) is 48.0 Å². The van der Waals surface area contributed by atoms with E-state index in [9.17, 15) is 4.79 Å². The third-order valence-corrected chi connectivity index (χ3v) is 4.36. The first-order valence-electron chi connectivity index (χ1n) is 7.65. The number of halogens is 2. The fourth-order valence-electron chi connectivity index (χ4n) is 2.25. The molecule has 25 heavy (non-hydrogen) atoms. The zero-order chi connectivity index (χ0) is 17.6. The van der Waals surface area contributed by atoms with Gasteiger partial charge in [0.25, 0.3) is 5.91 Å². The van der Waals surface area contributed by atoms with Crippen LogP contribution in [-0.4, -0.2) is 5.91 Å². The molecule has 0 radical (unpaired) electrons. The lowest BCUT2D eigenvalue weighted by Gasteiger charge is -2.09. The van der Waals surface area contributed by atoms with Crippen LogP contribution in [0.15, 0.2) is 77.3 Å². The molecule has 0 aliphatic heterocycles. The van der Waals surface area contributed by atoms with Gasteiger partial charge in [0.1, 0.15) is 12.4 Å². The van der Waals surface area contributed by atoms with E-state index in [0.717, 1.165) is 15.8 Å². The van der Waals surface area contributed by atoms with Crippen LogP contribution >= 0.6 is 27.5 Å². The first-order chi connectivity index (χ1) is 12.1. The first-order valence-corrected chi connectivity index (χ1v) is 8.82. The average molecular weight is 417 g/mol. The lowest BCUT2D eigenvalue weighted by molar-refractivity contribution is 0.102. The van der Waals surface area contributed by atoms with Crippen molar-refractivity contribution in [2.45, 2.75) is 6.61 Å². The van der Waals surface area contributed by atoms with Gasteiger partial charge in [-0.2, -0.15) is 0 Å². The Morgan fingerprint density at radius 3 is 2.44 bits per heavy atom. The van der Waals surface area contributed by atoms with E-state index < -0.39 is 0 Å². The van der Waals surface area contributed by atoms with Crippen LogP contribution in [0.5, 0.6) is 5.75 Å². The summed E-state index contributed by atoms with van der Waals surface area (Å²) >= 11 is 9.42. The standard InChI is InChI=1S/C20H15BrClNO2/c21-15-6-11-19(22)18(12-15)20(24)23-16-7-9-17(10-8-16)25-13-14-4-2-1-3-5-14/h1-12H,13H2,(H,23,24). The summed E-state index contributed by atoms with van der Waals surface area (Å²) in [6, 6.07) is 22.3. The van der Waals surface area contributed by atoms with Gasteiger partial charge in [-0.25, -0.2) is 0 Å². The molecule has 0 heterocycles. The Bertz CT molecular complexity index is 867. The van der Waals surface area contributed by atoms with E-state index >= 15 is 0 Å². The van der Waals surface area contributed by atoms with Gasteiger partial charge in [-0.3, -0.25) is 4.79 Å². The second-order valence-electron chi connectivity index (χ2n) is 5.38. The molecule has 3 nitrogen and oxygen atoms in total. The molecule has 126 valence electrons.